The second-order valence-electron chi connectivity index (χ2n) is 8.34. The van der Waals surface area contributed by atoms with E-state index in [9.17, 15) is 49.6 Å². The predicted molar refractivity (Wildman–Crippen MR) is 122 cm³/mol. The van der Waals surface area contributed by atoms with Crippen LogP contribution in [0.2, 0.25) is 0 Å². The Bertz CT molecular complexity index is 932. The average molecular weight is 595 g/mol. The van der Waals surface area contributed by atoms with Gasteiger partial charge in [-0.3, -0.25) is 4.55 Å². The Morgan fingerprint density at radius 3 is 1.22 bits per heavy atom. The number of carbonyl (C=O) groups is 2. The number of sulfone groups is 2. The van der Waals surface area contributed by atoms with E-state index in [1.807, 2.05) is 13.8 Å². The van der Waals surface area contributed by atoms with Crippen LogP contribution in [0, 0.1) is 0 Å². The Morgan fingerprint density at radius 1 is 0.667 bits per heavy atom. The molecule has 0 amide bonds. The van der Waals surface area contributed by atoms with Gasteiger partial charge in [-0.15, -0.1) is 0 Å². The third kappa shape index (κ3) is 11.5. The molecule has 0 rings (SSSR count). The summed E-state index contributed by atoms with van der Waals surface area (Å²) in [7, 11) is -17.1. The molecule has 0 saturated carbocycles. The van der Waals surface area contributed by atoms with Crippen LogP contribution in [-0.4, -0.2) is 62.6 Å². The van der Waals surface area contributed by atoms with Crippen molar-refractivity contribution in [3.8, 4) is 0 Å². The quantitative estimate of drug-likeness (QED) is 0.0798. The van der Waals surface area contributed by atoms with Crippen molar-refractivity contribution >= 4 is 41.7 Å². The summed E-state index contributed by atoms with van der Waals surface area (Å²) in [6.45, 7) is 3.89. The molecule has 0 radical (unpaired) electrons. The molecule has 1 N–H and O–H groups in total. The number of unbranched alkanes of at least 4 members (excludes halogenated alkanes) is 10. The van der Waals surface area contributed by atoms with Gasteiger partial charge >= 0.3 is 59.1 Å². The predicted octanol–water partition coefficient (Wildman–Crippen LogP) is -6.00. The van der Waals surface area contributed by atoms with Crippen molar-refractivity contribution in [2.45, 2.75) is 100 Å². The number of carboxylic acid groups (broad SMARTS) is 2. The zero-order valence-electron chi connectivity index (χ0n) is 21.7. The molecule has 0 aromatic rings. The van der Waals surface area contributed by atoms with Gasteiger partial charge in [-0.05, 0) is 12.8 Å². The fourth-order valence-corrected chi connectivity index (χ4v) is 11.3. The Balaban J connectivity index is -0.00000544. The van der Waals surface area contributed by atoms with Crippen molar-refractivity contribution < 1.29 is 109 Å². The number of hydrogen-bond acceptors (Lipinski definition) is 10. The molecule has 0 aliphatic rings. The molecule has 0 aromatic heterocycles. The third-order valence-corrected chi connectivity index (χ3v) is 12.9. The van der Waals surface area contributed by atoms with E-state index in [1.54, 1.807) is 0 Å². The van der Waals surface area contributed by atoms with Gasteiger partial charge in [0.25, 0.3) is 10.1 Å². The summed E-state index contributed by atoms with van der Waals surface area (Å²) in [6.07, 6.45) is 6.12. The minimum atomic E-state index is -6.06. The van der Waals surface area contributed by atoms with E-state index in [4.69, 9.17) is 0 Å². The van der Waals surface area contributed by atoms with E-state index in [0.717, 1.165) is 38.5 Å². The Morgan fingerprint density at radius 2 is 0.972 bits per heavy atom. The van der Waals surface area contributed by atoms with Crippen molar-refractivity contribution in [2.24, 2.45) is 0 Å². The molecule has 0 fully saturated rings. The van der Waals surface area contributed by atoms with Gasteiger partial charge < -0.3 is 19.8 Å². The Kier molecular flexibility index (Phi) is 21.7. The monoisotopic (exact) mass is 594 g/mol. The fraction of sp³-hybridized carbons (Fsp3) is 0.900. The molecular weight excluding hydrogens is 558 g/mol. The Labute approximate surface area is 259 Å². The fourth-order valence-electron chi connectivity index (χ4n) is 3.80. The normalized spacial score (nSPS) is 13.3. The molecule has 36 heavy (non-hydrogen) atoms. The second kappa shape index (κ2) is 18.9. The largest absolute Gasteiger partial charge is 1.00 e. The number of carbonyl (C=O) groups excluding carboxylic acids is 2. The van der Waals surface area contributed by atoms with Gasteiger partial charge in [0.2, 0.25) is 4.08 Å². The van der Waals surface area contributed by atoms with Crippen molar-refractivity contribution in [1.29, 1.82) is 0 Å². The zero-order chi connectivity index (χ0) is 26.6. The van der Waals surface area contributed by atoms with Crippen molar-refractivity contribution in [3.63, 3.8) is 0 Å². The molecule has 0 heterocycles. The summed E-state index contributed by atoms with van der Waals surface area (Å²) in [4.78, 5) is 23.7. The first kappa shape index (κ1) is 41.2. The molecule has 0 spiro atoms. The molecular formula is C20H36Na2O11S3. The van der Waals surface area contributed by atoms with E-state index >= 15 is 0 Å². The van der Waals surface area contributed by atoms with Crippen LogP contribution >= 0.6 is 0 Å². The summed E-state index contributed by atoms with van der Waals surface area (Å²) < 4.78 is 81.2. The molecule has 0 aliphatic carbocycles. The molecule has 0 aromatic carbocycles. The SMILES string of the molecule is CCCCCCCCS(=O)(=O)C(C(=O)[O-])(C(C(=O)[O-])S(=O)(=O)O)S(=O)(=O)CCCCCCCC.[Na+].[Na+]. The van der Waals surface area contributed by atoms with Crippen LogP contribution in [0.1, 0.15) is 90.9 Å². The maximum Gasteiger partial charge on any atom is 1.00 e. The maximum atomic E-state index is 13.1. The summed E-state index contributed by atoms with van der Waals surface area (Å²) >= 11 is 0. The smallest absolute Gasteiger partial charge is 0.549 e. The van der Waals surface area contributed by atoms with Gasteiger partial charge in [0.05, 0.1) is 23.4 Å². The molecule has 1 unspecified atom stereocenters. The first-order chi connectivity index (χ1) is 15.6. The van der Waals surface area contributed by atoms with E-state index < -0.39 is 62.6 Å². The number of carboxylic acids is 2. The number of hydrogen-bond donors (Lipinski definition) is 1. The first-order valence-corrected chi connectivity index (χ1v) is 16.3. The van der Waals surface area contributed by atoms with Crippen LogP contribution in [0.5, 0.6) is 0 Å². The molecule has 11 nitrogen and oxygen atoms in total. The number of rotatable bonds is 20. The van der Waals surface area contributed by atoms with Crippen LogP contribution in [0.4, 0.5) is 0 Å². The van der Waals surface area contributed by atoms with E-state index in [-0.39, 0.29) is 84.8 Å². The minimum Gasteiger partial charge on any atom is -0.549 e. The summed E-state index contributed by atoms with van der Waals surface area (Å²) in [5.74, 6) is -8.06. The van der Waals surface area contributed by atoms with Gasteiger partial charge in [0.1, 0.15) is 0 Å². The van der Waals surface area contributed by atoms with Gasteiger partial charge in [0.15, 0.2) is 24.9 Å². The van der Waals surface area contributed by atoms with E-state index in [0.29, 0.717) is 12.8 Å². The summed E-state index contributed by atoms with van der Waals surface area (Å²) in [6, 6.07) is 0. The molecule has 0 saturated heterocycles. The van der Waals surface area contributed by atoms with Gasteiger partial charge in [-0.2, -0.15) is 8.42 Å². The van der Waals surface area contributed by atoms with Crippen LogP contribution in [0.3, 0.4) is 0 Å². The van der Waals surface area contributed by atoms with Crippen molar-refractivity contribution in [1.82, 2.24) is 0 Å². The zero-order valence-corrected chi connectivity index (χ0v) is 28.2. The molecule has 202 valence electrons. The minimum absolute atomic E-state index is 0. The van der Waals surface area contributed by atoms with Crippen molar-refractivity contribution in [3.05, 3.63) is 0 Å². The topological polar surface area (TPSA) is 203 Å². The van der Waals surface area contributed by atoms with Crippen LogP contribution in [0.15, 0.2) is 0 Å². The summed E-state index contributed by atoms with van der Waals surface area (Å²) in [5, 5.41) is 19.9. The molecule has 16 heteroatoms. The van der Waals surface area contributed by atoms with Crippen LogP contribution in [0.25, 0.3) is 0 Å². The maximum absolute atomic E-state index is 13.1. The van der Waals surface area contributed by atoms with E-state index in [2.05, 4.69) is 0 Å². The van der Waals surface area contributed by atoms with Gasteiger partial charge in [-0.1, -0.05) is 78.1 Å². The van der Waals surface area contributed by atoms with Crippen LogP contribution < -0.4 is 69.3 Å². The van der Waals surface area contributed by atoms with Crippen molar-refractivity contribution in [2.75, 3.05) is 11.5 Å². The van der Waals surface area contributed by atoms with Gasteiger partial charge in [-0.25, -0.2) is 16.8 Å². The first-order valence-electron chi connectivity index (χ1n) is 11.5. The van der Waals surface area contributed by atoms with E-state index in [1.165, 1.54) is 0 Å². The molecule has 0 bridgehead atoms. The second-order valence-corrected chi connectivity index (χ2v) is 14.7. The molecule has 1 atom stereocenters. The summed E-state index contributed by atoms with van der Waals surface area (Å²) in [5.41, 5.74) is 0. The third-order valence-electron chi connectivity index (χ3n) is 5.60. The standard InChI is InChI=1S/C20H38O11S3.2Na/c1-3-5-7-9-11-13-15-32(25,26)20(19(23)24,17(18(21)22)34(29,30)31)33(27,28)16-14-12-10-8-6-4-2;;/h17H,3-16H2,1-2H3,(H,21,22)(H,23,24)(H,29,30,31);;/q;2*+1/p-2. The van der Waals surface area contributed by atoms with Gasteiger partial charge in [0, 0.05) is 0 Å². The van der Waals surface area contributed by atoms with Crippen LogP contribution in [-0.2, 0) is 39.4 Å². The molecule has 0 aliphatic heterocycles. The number of aliphatic carboxylic acids is 2. The average Bonchev–Trinajstić information content (AvgIpc) is 2.69. The Hall–Kier alpha value is 0.750.